The van der Waals surface area contributed by atoms with Gasteiger partial charge in [-0.3, -0.25) is 4.99 Å². The first-order valence-corrected chi connectivity index (χ1v) is 3.60. The molecule has 0 aromatic carbocycles. The first kappa shape index (κ1) is 10.9. The minimum absolute atomic E-state index is 0.566. The van der Waals surface area contributed by atoms with Gasteiger partial charge in [0.05, 0.1) is 13.2 Å². The lowest BCUT2D eigenvalue weighted by atomic mass is 10.5. The summed E-state index contributed by atoms with van der Waals surface area (Å²) in [4.78, 5) is 5.87. The second kappa shape index (κ2) is 6.60. The average molecular weight is 173 g/mol. The molecule has 0 aliphatic carbocycles. The lowest BCUT2D eigenvalue weighted by Gasteiger charge is -2.10. The van der Waals surface area contributed by atoms with Crippen molar-refractivity contribution in [2.45, 2.75) is 0 Å². The highest BCUT2D eigenvalue weighted by Crippen LogP contribution is 1.82. The van der Waals surface area contributed by atoms with Gasteiger partial charge in [0, 0.05) is 21.2 Å². The van der Waals surface area contributed by atoms with E-state index in [1.54, 1.807) is 12.0 Å². The standard InChI is InChI=1S/C7H15N3O2/c1-10(2)7(6-9-11)8-4-5-12-3/h6,11H,4-5H2,1-3H3. The van der Waals surface area contributed by atoms with Crippen LogP contribution in [0.3, 0.4) is 0 Å². The molecule has 0 unspecified atom stereocenters. The van der Waals surface area contributed by atoms with Gasteiger partial charge < -0.3 is 14.8 Å². The summed E-state index contributed by atoms with van der Waals surface area (Å²) < 4.78 is 4.82. The topological polar surface area (TPSA) is 57.4 Å². The van der Waals surface area contributed by atoms with Crippen LogP contribution in [0.1, 0.15) is 0 Å². The second-order valence-corrected chi connectivity index (χ2v) is 2.37. The lowest BCUT2D eigenvalue weighted by molar-refractivity contribution is 0.208. The van der Waals surface area contributed by atoms with Crippen molar-refractivity contribution in [1.82, 2.24) is 4.90 Å². The maximum Gasteiger partial charge on any atom is 0.145 e. The van der Waals surface area contributed by atoms with E-state index in [9.17, 15) is 0 Å². The van der Waals surface area contributed by atoms with E-state index in [2.05, 4.69) is 10.1 Å². The molecule has 0 aromatic heterocycles. The van der Waals surface area contributed by atoms with Gasteiger partial charge in [-0.05, 0) is 0 Å². The summed E-state index contributed by atoms with van der Waals surface area (Å²) in [7, 11) is 5.27. The van der Waals surface area contributed by atoms with E-state index in [1.165, 1.54) is 6.21 Å². The molecule has 0 amide bonds. The highest BCUT2D eigenvalue weighted by molar-refractivity contribution is 6.28. The molecule has 5 nitrogen and oxygen atoms in total. The monoisotopic (exact) mass is 173 g/mol. The van der Waals surface area contributed by atoms with Gasteiger partial charge >= 0.3 is 0 Å². The molecule has 0 bridgehead atoms. The Bertz CT molecular complexity index is 166. The molecular formula is C7H15N3O2. The number of nitrogens with zero attached hydrogens (tertiary/aromatic N) is 3. The largest absolute Gasteiger partial charge is 0.411 e. The van der Waals surface area contributed by atoms with Gasteiger partial charge in [-0.2, -0.15) is 0 Å². The van der Waals surface area contributed by atoms with Crippen LogP contribution in [-0.2, 0) is 4.74 Å². The van der Waals surface area contributed by atoms with Gasteiger partial charge in [-0.15, -0.1) is 0 Å². The van der Waals surface area contributed by atoms with Crippen LogP contribution in [0, 0.1) is 0 Å². The number of hydrogen-bond donors (Lipinski definition) is 1. The lowest BCUT2D eigenvalue weighted by Crippen LogP contribution is -2.24. The molecule has 0 aliphatic rings. The molecule has 1 N–H and O–H groups in total. The third-order valence-corrected chi connectivity index (χ3v) is 1.20. The van der Waals surface area contributed by atoms with Gasteiger partial charge in [0.1, 0.15) is 12.1 Å². The zero-order valence-electron chi connectivity index (χ0n) is 7.69. The summed E-state index contributed by atoms with van der Waals surface area (Å²) in [6.07, 6.45) is 1.29. The molecule has 0 aromatic rings. The third-order valence-electron chi connectivity index (χ3n) is 1.20. The molecule has 0 saturated heterocycles. The van der Waals surface area contributed by atoms with E-state index in [0.717, 1.165) is 0 Å². The molecule has 70 valence electrons. The molecular weight excluding hydrogens is 158 g/mol. The summed E-state index contributed by atoms with van der Waals surface area (Å²) in [5, 5.41) is 11.2. The summed E-state index contributed by atoms with van der Waals surface area (Å²) in [6, 6.07) is 0. The Kier molecular flexibility index (Phi) is 6.00. The maximum absolute atomic E-state index is 8.27. The van der Waals surface area contributed by atoms with Crippen molar-refractivity contribution in [1.29, 1.82) is 0 Å². The van der Waals surface area contributed by atoms with Gasteiger partial charge in [-0.1, -0.05) is 5.16 Å². The Morgan fingerprint density at radius 1 is 1.58 bits per heavy atom. The number of ether oxygens (including phenoxy) is 1. The van der Waals surface area contributed by atoms with Gasteiger partial charge in [0.15, 0.2) is 0 Å². The van der Waals surface area contributed by atoms with E-state index in [4.69, 9.17) is 9.94 Å². The van der Waals surface area contributed by atoms with Gasteiger partial charge in [0.2, 0.25) is 0 Å². The number of aliphatic imine (C=N–C) groups is 1. The summed E-state index contributed by atoms with van der Waals surface area (Å²) >= 11 is 0. The molecule has 0 heterocycles. The van der Waals surface area contributed by atoms with Crippen LogP contribution >= 0.6 is 0 Å². The summed E-state index contributed by atoms with van der Waals surface area (Å²) in [6.45, 7) is 1.13. The highest BCUT2D eigenvalue weighted by Gasteiger charge is 1.96. The van der Waals surface area contributed by atoms with Gasteiger partial charge in [0.25, 0.3) is 0 Å². The molecule has 0 radical (unpaired) electrons. The zero-order chi connectivity index (χ0) is 9.40. The molecule has 12 heavy (non-hydrogen) atoms. The molecule has 0 saturated carbocycles. The molecule has 0 rings (SSSR count). The molecule has 5 heteroatoms. The molecule has 0 atom stereocenters. The Balaban J connectivity index is 4.00. The second-order valence-electron chi connectivity index (χ2n) is 2.37. The molecule has 0 spiro atoms. The average Bonchev–Trinajstić information content (AvgIpc) is 2.03. The number of rotatable bonds is 4. The fraction of sp³-hybridized carbons (Fsp3) is 0.714. The van der Waals surface area contributed by atoms with Crippen LogP contribution < -0.4 is 0 Å². The predicted octanol–water partition coefficient (Wildman–Crippen LogP) is 0.0529. The van der Waals surface area contributed by atoms with E-state index < -0.39 is 0 Å². The minimum Gasteiger partial charge on any atom is -0.411 e. The Labute approximate surface area is 72.3 Å². The summed E-state index contributed by atoms with van der Waals surface area (Å²) in [5.41, 5.74) is 0. The minimum atomic E-state index is 0.566. The number of oxime groups is 1. The van der Waals surface area contributed by atoms with Crippen molar-refractivity contribution >= 4 is 12.1 Å². The van der Waals surface area contributed by atoms with Gasteiger partial charge in [-0.25, -0.2) is 0 Å². The van der Waals surface area contributed by atoms with Crippen LogP contribution in [0.15, 0.2) is 10.1 Å². The maximum atomic E-state index is 8.27. The van der Waals surface area contributed by atoms with E-state index >= 15 is 0 Å². The van der Waals surface area contributed by atoms with E-state index in [1.807, 2.05) is 14.1 Å². The molecule has 0 fully saturated rings. The van der Waals surface area contributed by atoms with Crippen LogP contribution in [0.5, 0.6) is 0 Å². The first-order valence-electron chi connectivity index (χ1n) is 3.60. The van der Waals surface area contributed by atoms with Crippen molar-refractivity contribution < 1.29 is 9.94 Å². The SMILES string of the molecule is COCCN=C(C=NO)N(C)C. The van der Waals surface area contributed by atoms with Crippen LogP contribution in [0.2, 0.25) is 0 Å². The Morgan fingerprint density at radius 3 is 2.67 bits per heavy atom. The molecule has 0 aliphatic heterocycles. The summed E-state index contributed by atoms with van der Waals surface area (Å²) in [5.74, 6) is 0.620. The van der Waals surface area contributed by atoms with Crippen molar-refractivity contribution in [3.8, 4) is 0 Å². The van der Waals surface area contributed by atoms with Crippen LogP contribution in [0.4, 0.5) is 0 Å². The third kappa shape index (κ3) is 4.68. The Hall–Kier alpha value is -1.10. The highest BCUT2D eigenvalue weighted by atomic mass is 16.5. The number of hydrogen-bond acceptors (Lipinski definition) is 4. The predicted molar refractivity (Wildman–Crippen MR) is 48.1 cm³/mol. The number of methoxy groups -OCH3 is 1. The number of amidine groups is 1. The first-order chi connectivity index (χ1) is 5.72. The quantitative estimate of drug-likeness (QED) is 0.215. The van der Waals surface area contributed by atoms with Crippen molar-refractivity contribution in [2.24, 2.45) is 10.1 Å². The van der Waals surface area contributed by atoms with Crippen LogP contribution in [-0.4, -0.2) is 56.5 Å². The fourth-order valence-corrected chi connectivity index (χ4v) is 0.601. The van der Waals surface area contributed by atoms with Crippen molar-refractivity contribution in [2.75, 3.05) is 34.4 Å². The zero-order valence-corrected chi connectivity index (χ0v) is 7.69. The van der Waals surface area contributed by atoms with Crippen LogP contribution in [0.25, 0.3) is 0 Å². The Morgan fingerprint density at radius 2 is 2.25 bits per heavy atom. The van der Waals surface area contributed by atoms with Crippen molar-refractivity contribution in [3.63, 3.8) is 0 Å². The van der Waals surface area contributed by atoms with E-state index in [0.29, 0.717) is 19.0 Å². The fourth-order valence-electron chi connectivity index (χ4n) is 0.601. The van der Waals surface area contributed by atoms with E-state index in [-0.39, 0.29) is 0 Å². The smallest absolute Gasteiger partial charge is 0.145 e. The normalized spacial score (nSPS) is 12.4. The van der Waals surface area contributed by atoms with Crippen molar-refractivity contribution in [3.05, 3.63) is 0 Å².